The minimum atomic E-state index is -0.0462. The Morgan fingerprint density at radius 1 is 1.55 bits per heavy atom. The summed E-state index contributed by atoms with van der Waals surface area (Å²) in [7, 11) is 0. The molecular formula is C14H23IN4O. The van der Waals surface area contributed by atoms with Gasteiger partial charge in [0.1, 0.15) is 9.39 Å². The summed E-state index contributed by atoms with van der Waals surface area (Å²) < 4.78 is 0.695. The highest BCUT2D eigenvalue weighted by molar-refractivity contribution is 14.1. The van der Waals surface area contributed by atoms with Gasteiger partial charge in [0, 0.05) is 19.1 Å². The van der Waals surface area contributed by atoms with Gasteiger partial charge in [-0.15, -0.1) is 0 Å². The molecule has 1 aliphatic rings. The standard InChI is InChI=1S/C14H23IN4O/c1-10(2)7-16-8-11-5-3-4-6-19(11)13-12(15)14(20)18-9-17-13/h9-11,16H,3-8H2,1-2H3,(H,17,18,20). The van der Waals surface area contributed by atoms with E-state index in [1.54, 1.807) is 0 Å². The van der Waals surface area contributed by atoms with E-state index in [1.807, 2.05) is 0 Å². The van der Waals surface area contributed by atoms with Gasteiger partial charge in [-0.05, 0) is 54.3 Å². The first-order valence-corrected chi connectivity index (χ1v) is 8.38. The monoisotopic (exact) mass is 390 g/mol. The Morgan fingerprint density at radius 2 is 2.35 bits per heavy atom. The first kappa shape index (κ1) is 15.8. The molecule has 0 amide bonds. The van der Waals surface area contributed by atoms with Crippen LogP contribution in [0.3, 0.4) is 0 Å². The summed E-state index contributed by atoms with van der Waals surface area (Å²) in [4.78, 5) is 21.1. The van der Waals surface area contributed by atoms with Crippen LogP contribution in [0.2, 0.25) is 0 Å². The van der Waals surface area contributed by atoms with E-state index in [2.05, 4.69) is 56.6 Å². The minimum absolute atomic E-state index is 0.0462. The highest BCUT2D eigenvalue weighted by atomic mass is 127. The fourth-order valence-corrected chi connectivity index (χ4v) is 3.21. The molecule has 1 fully saturated rings. The van der Waals surface area contributed by atoms with E-state index in [4.69, 9.17) is 0 Å². The van der Waals surface area contributed by atoms with Crippen LogP contribution in [0.5, 0.6) is 0 Å². The second kappa shape index (κ2) is 7.40. The van der Waals surface area contributed by atoms with E-state index < -0.39 is 0 Å². The third-order valence-corrected chi connectivity index (χ3v) is 4.58. The number of anilines is 1. The molecule has 112 valence electrons. The van der Waals surface area contributed by atoms with E-state index in [9.17, 15) is 4.79 Å². The molecule has 0 radical (unpaired) electrons. The number of nitrogens with zero attached hydrogens (tertiary/aromatic N) is 2. The number of H-pyrrole nitrogens is 1. The molecule has 6 heteroatoms. The summed E-state index contributed by atoms with van der Waals surface area (Å²) in [5, 5.41) is 3.53. The van der Waals surface area contributed by atoms with Crippen LogP contribution < -0.4 is 15.8 Å². The number of nitrogens with one attached hydrogen (secondary N) is 2. The molecule has 0 saturated carbocycles. The van der Waals surface area contributed by atoms with E-state index in [-0.39, 0.29) is 5.56 Å². The zero-order chi connectivity index (χ0) is 14.5. The van der Waals surface area contributed by atoms with Crippen LogP contribution in [0, 0.1) is 9.49 Å². The average molecular weight is 390 g/mol. The molecule has 1 unspecified atom stereocenters. The number of hydrogen-bond acceptors (Lipinski definition) is 4. The van der Waals surface area contributed by atoms with Crippen molar-refractivity contribution in [2.24, 2.45) is 5.92 Å². The molecule has 0 aliphatic carbocycles. The number of rotatable bonds is 5. The lowest BCUT2D eigenvalue weighted by molar-refractivity contribution is 0.420. The second-order valence-corrected chi connectivity index (χ2v) is 6.84. The zero-order valence-corrected chi connectivity index (χ0v) is 14.3. The van der Waals surface area contributed by atoms with Gasteiger partial charge in [0.2, 0.25) is 0 Å². The van der Waals surface area contributed by atoms with Gasteiger partial charge in [0.15, 0.2) is 0 Å². The number of piperidine rings is 1. The van der Waals surface area contributed by atoms with Crippen LogP contribution in [0.25, 0.3) is 0 Å². The van der Waals surface area contributed by atoms with Crippen LogP contribution in [0.15, 0.2) is 11.1 Å². The molecule has 20 heavy (non-hydrogen) atoms. The third kappa shape index (κ3) is 3.94. The molecule has 0 spiro atoms. The maximum Gasteiger partial charge on any atom is 0.266 e. The lowest BCUT2D eigenvalue weighted by Gasteiger charge is -2.37. The Kier molecular flexibility index (Phi) is 5.83. The largest absolute Gasteiger partial charge is 0.351 e. The van der Waals surface area contributed by atoms with Crippen molar-refractivity contribution in [3.05, 3.63) is 20.3 Å². The van der Waals surface area contributed by atoms with Crippen LogP contribution in [0.1, 0.15) is 33.1 Å². The number of hydrogen-bond donors (Lipinski definition) is 2. The van der Waals surface area contributed by atoms with Crippen LogP contribution >= 0.6 is 22.6 Å². The number of halogens is 1. The second-order valence-electron chi connectivity index (χ2n) is 5.76. The van der Waals surface area contributed by atoms with Crippen molar-refractivity contribution in [2.75, 3.05) is 24.5 Å². The normalized spacial score (nSPS) is 19.6. The fourth-order valence-electron chi connectivity index (χ4n) is 2.60. The highest BCUT2D eigenvalue weighted by Crippen LogP contribution is 2.24. The summed E-state index contributed by atoms with van der Waals surface area (Å²) >= 11 is 2.10. The van der Waals surface area contributed by atoms with Crippen LogP contribution in [-0.4, -0.2) is 35.6 Å². The summed E-state index contributed by atoms with van der Waals surface area (Å²) in [5.74, 6) is 1.50. The Balaban J connectivity index is 2.10. The summed E-state index contributed by atoms with van der Waals surface area (Å²) in [6.45, 7) is 7.41. The van der Waals surface area contributed by atoms with Crippen molar-refractivity contribution >= 4 is 28.4 Å². The Morgan fingerprint density at radius 3 is 3.10 bits per heavy atom. The lowest BCUT2D eigenvalue weighted by Crippen LogP contribution is -2.47. The fraction of sp³-hybridized carbons (Fsp3) is 0.714. The molecule has 1 aliphatic heterocycles. The highest BCUT2D eigenvalue weighted by Gasteiger charge is 2.25. The predicted molar refractivity (Wildman–Crippen MR) is 90.3 cm³/mol. The van der Waals surface area contributed by atoms with Gasteiger partial charge in [-0.25, -0.2) is 4.98 Å². The Bertz CT molecular complexity index is 488. The van der Waals surface area contributed by atoms with Crippen molar-refractivity contribution in [1.82, 2.24) is 15.3 Å². The number of aromatic amines is 1. The van der Waals surface area contributed by atoms with Gasteiger partial charge in [-0.3, -0.25) is 4.79 Å². The maximum atomic E-state index is 11.7. The van der Waals surface area contributed by atoms with Crippen molar-refractivity contribution < 1.29 is 0 Å². The molecule has 0 aromatic carbocycles. The third-order valence-electron chi connectivity index (χ3n) is 3.61. The molecule has 2 N–H and O–H groups in total. The number of aromatic nitrogens is 2. The molecule has 5 nitrogen and oxygen atoms in total. The van der Waals surface area contributed by atoms with Crippen LogP contribution in [-0.2, 0) is 0 Å². The zero-order valence-electron chi connectivity index (χ0n) is 12.2. The quantitative estimate of drug-likeness (QED) is 0.755. The van der Waals surface area contributed by atoms with Gasteiger partial charge in [0.25, 0.3) is 5.56 Å². The molecule has 2 rings (SSSR count). The smallest absolute Gasteiger partial charge is 0.266 e. The van der Waals surface area contributed by atoms with Crippen molar-refractivity contribution in [1.29, 1.82) is 0 Å². The summed E-state index contributed by atoms with van der Waals surface area (Å²) in [6, 6.07) is 0.435. The van der Waals surface area contributed by atoms with Crippen molar-refractivity contribution in [2.45, 2.75) is 39.2 Å². The minimum Gasteiger partial charge on any atom is -0.351 e. The molecule has 1 saturated heterocycles. The first-order chi connectivity index (χ1) is 9.59. The molecule has 0 bridgehead atoms. The molecule has 1 aromatic heterocycles. The Labute approximate surface area is 133 Å². The lowest BCUT2D eigenvalue weighted by atomic mass is 10.0. The molecular weight excluding hydrogens is 367 g/mol. The van der Waals surface area contributed by atoms with Crippen molar-refractivity contribution in [3.63, 3.8) is 0 Å². The van der Waals surface area contributed by atoms with E-state index in [0.717, 1.165) is 31.9 Å². The van der Waals surface area contributed by atoms with Gasteiger partial charge in [-0.2, -0.15) is 0 Å². The van der Waals surface area contributed by atoms with Crippen molar-refractivity contribution in [3.8, 4) is 0 Å². The molecule has 1 aromatic rings. The average Bonchev–Trinajstić information content (AvgIpc) is 2.42. The molecule has 1 atom stereocenters. The van der Waals surface area contributed by atoms with E-state index in [0.29, 0.717) is 15.5 Å². The van der Waals surface area contributed by atoms with Gasteiger partial charge >= 0.3 is 0 Å². The summed E-state index contributed by atoms with van der Waals surface area (Å²) in [6.07, 6.45) is 5.10. The molecule has 2 heterocycles. The van der Waals surface area contributed by atoms with Gasteiger partial charge in [-0.1, -0.05) is 13.8 Å². The first-order valence-electron chi connectivity index (χ1n) is 7.30. The SMILES string of the molecule is CC(C)CNCC1CCCCN1c1nc[nH]c(=O)c1I. The maximum absolute atomic E-state index is 11.7. The predicted octanol–water partition coefficient (Wildman–Crippen LogP) is 1.98. The van der Waals surface area contributed by atoms with Gasteiger partial charge in [0.05, 0.1) is 6.33 Å². The Hall–Kier alpha value is -0.630. The summed E-state index contributed by atoms with van der Waals surface area (Å²) in [5.41, 5.74) is -0.0462. The van der Waals surface area contributed by atoms with Gasteiger partial charge < -0.3 is 15.2 Å². The van der Waals surface area contributed by atoms with Crippen LogP contribution in [0.4, 0.5) is 5.82 Å². The topological polar surface area (TPSA) is 61.0 Å². The van der Waals surface area contributed by atoms with E-state index >= 15 is 0 Å². The van der Waals surface area contributed by atoms with E-state index in [1.165, 1.54) is 19.2 Å².